The van der Waals surface area contributed by atoms with E-state index in [1.807, 2.05) is 17.7 Å². The van der Waals surface area contributed by atoms with Crippen LogP contribution in [0.5, 0.6) is 0 Å². The largest absolute Gasteiger partial charge is 0.326 e. The predicted octanol–water partition coefficient (Wildman–Crippen LogP) is 1.56. The Labute approximate surface area is 92.1 Å². The number of halogens is 1. The molecule has 1 aromatic rings. The summed E-state index contributed by atoms with van der Waals surface area (Å²) < 4.78 is 23.2. The third-order valence-electron chi connectivity index (χ3n) is 1.58. The zero-order valence-electron chi connectivity index (χ0n) is 7.68. The molecule has 0 saturated carbocycles. The molecule has 1 heterocycles. The second-order valence-corrected chi connectivity index (χ2v) is 6.55. The molecule has 4 nitrogen and oxygen atoms in total. The lowest BCUT2D eigenvalue weighted by molar-refractivity contribution is 0.611. The van der Waals surface area contributed by atoms with E-state index >= 15 is 0 Å². The van der Waals surface area contributed by atoms with Gasteiger partial charge in [-0.05, 0) is 6.92 Å². The molecule has 0 N–H and O–H groups in total. The van der Waals surface area contributed by atoms with Gasteiger partial charge in [0.05, 0.1) is 5.75 Å². The highest BCUT2D eigenvalue weighted by Crippen LogP contribution is 2.16. The Kier molecular flexibility index (Phi) is 4.28. The van der Waals surface area contributed by atoms with E-state index in [0.29, 0.717) is 5.75 Å². The van der Waals surface area contributed by atoms with Crippen molar-refractivity contribution in [3.05, 3.63) is 12.4 Å². The van der Waals surface area contributed by atoms with Crippen LogP contribution in [0, 0.1) is 0 Å². The summed E-state index contributed by atoms with van der Waals surface area (Å²) in [6, 6.07) is 0. The topological polar surface area (TPSA) is 52.0 Å². The Morgan fingerprint density at radius 2 is 2.36 bits per heavy atom. The van der Waals surface area contributed by atoms with E-state index in [-0.39, 0.29) is 5.75 Å². The number of thioether (sulfide) groups is 1. The fraction of sp³-hybridized carbons (Fsp3) is 0.571. The maximum atomic E-state index is 10.6. The van der Waals surface area contributed by atoms with Gasteiger partial charge in [-0.2, -0.15) is 0 Å². The molecule has 0 aliphatic carbocycles. The molecule has 14 heavy (non-hydrogen) atoms. The van der Waals surface area contributed by atoms with Crippen LogP contribution in [-0.4, -0.2) is 29.5 Å². The van der Waals surface area contributed by atoms with E-state index in [4.69, 9.17) is 10.7 Å². The number of rotatable bonds is 5. The fourth-order valence-electron chi connectivity index (χ4n) is 0.909. The summed E-state index contributed by atoms with van der Waals surface area (Å²) in [6.45, 7) is 2.83. The monoisotopic (exact) mass is 254 g/mol. The number of imidazole rings is 1. The molecule has 0 amide bonds. The maximum Gasteiger partial charge on any atom is 0.233 e. The van der Waals surface area contributed by atoms with Crippen LogP contribution >= 0.6 is 22.4 Å². The molecule has 0 aliphatic rings. The molecule has 0 aromatic carbocycles. The van der Waals surface area contributed by atoms with Crippen LogP contribution in [-0.2, 0) is 15.6 Å². The van der Waals surface area contributed by atoms with E-state index < -0.39 is 9.05 Å². The summed E-state index contributed by atoms with van der Waals surface area (Å²) >= 11 is 1.39. The van der Waals surface area contributed by atoms with Gasteiger partial charge in [-0.1, -0.05) is 11.8 Å². The van der Waals surface area contributed by atoms with E-state index in [0.717, 1.165) is 11.7 Å². The number of nitrogens with zero attached hydrogens (tertiary/aromatic N) is 2. The van der Waals surface area contributed by atoms with Gasteiger partial charge in [-0.3, -0.25) is 0 Å². The summed E-state index contributed by atoms with van der Waals surface area (Å²) in [6.07, 6.45) is 3.55. The van der Waals surface area contributed by atoms with Crippen LogP contribution < -0.4 is 0 Å². The molecule has 0 atom stereocenters. The molecular weight excluding hydrogens is 244 g/mol. The summed E-state index contributed by atoms with van der Waals surface area (Å²) in [5.41, 5.74) is 0. The standard InChI is InChI=1S/C7H11ClN2O2S2/c1-2-10-4-3-9-7(10)13-5-6-14(8,11)12/h3-4H,2,5-6H2,1H3. The van der Waals surface area contributed by atoms with E-state index in [9.17, 15) is 8.42 Å². The van der Waals surface area contributed by atoms with Gasteiger partial charge in [0.1, 0.15) is 0 Å². The highest BCUT2D eigenvalue weighted by Gasteiger charge is 2.07. The second kappa shape index (κ2) is 5.04. The lowest BCUT2D eigenvalue weighted by atomic mass is 10.7. The molecule has 0 saturated heterocycles. The summed E-state index contributed by atoms with van der Waals surface area (Å²) in [7, 11) is 1.70. The smallest absolute Gasteiger partial charge is 0.233 e. The molecule has 80 valence electrons. The molecule has 1 aromatic heterocycles. The van der Waals surface area contributed by atoms with Gasteiger partial charge in [0.2, 0.25) is 9.05 Å². The van der Waals surface area contributed by atoms with Gasteiger partial charge in [0.25, 0.3) is 0 Å². The normalized spacial score (nSPS) is 11.9. The third kappa shape index (κ3) is 3.89. The average molecular weight is 255 g/mol. The highest BCUT2D eigenvalue weighted by molar-refractivity contribution is 8.14. The van der Waals surface area contributed by atoms with Crippen molar-refractivity contribution in [3.8, 4) is 0 Å². The molecule has 0 spiro atoms. The van der Waals surface area contributed by atoms with Gasteiger partial charge in [-0.25, -0.2) is 13.4 Å². The zero-order chi connectivity index (χ0) is 10.6. The Morgan fingerprint density at radius 1 is 1.64 bits per heavy atom. The quantitative estimate of drug-likeness (QED) is 0.591. The van der Waals surface area contributed by atoms with E-state index in [2.05, 4.69) is 4.98 Å². The lowest BCUT2D eigenvalue weighted by Gasteiger charge is -2.02. The van der Waals surface area contributed by atoms with E-state index in [1.54, 1.807) is 6.20 Å². The predicted molar refractivity (Wildman–Crippen MR) is 58.3 cm³/mol. The number of aryl methyl sites for hydroxylation is 1. The van der Waals surface area contributed by atoms with Crippen molar-refractivity contribution in [2.45, 2.75) is 18.6 Å². The summed E-state index contributed by atoms with van der Waals surface area (Å²) in [5, 5.41) is 0.827. The average Bonchev–Trinajstić information content (AvgIpc) is 2.49. The van der Waals surface area contributed by atoms with Crippen LogP contribution in [0.25, 0.3) is 0 Å². The van der Waals surface area contributed by atoms with Crippen LogP contribution in [0.1, 0.15) is 6.92 Å². The first-order valence-electron chi connectivity index (χ1n) is 4.09. The molecule has 0 aliphatic heterocycles. The van der Waals surface area contributed by atoms with Crippen molar-refractivity contribution in [1.29, 1.82) is 0 Å². The molecule has 0 bridgehead atoms. The van der Waals surface area contributed by atoms with Gasteiger partial charge < -0.3 is 4.57 Å². The first kappa shape index (κ1) is 11.9. The number of hydrogen-bond donors (Lipinski definition) is 0. The van der Waals surface area contributed by atoms with Crippen LogP contribution in [0.4, 0.5) is 0 Å². The minimum absolute atomic E-state index is 0.0319. The summed E-state index contributed by atoms with van der Waals surface area (Å²) in [5.74, 6) is 0.401. The molecule has 0 radical (unpaired) electrons. The second-order valence-electron chi connectivity index (χ2n) is 2.59. The van der Waals surface area contributed by atoms with Crippen molar-refractivity contribution in [2.75, 3.05) is 11.5 Å². The van der Waals surface area contributed by atoms with Crippen molar-refractivity contribution < 1.29 is 8.42 Å². The zero-order valence-corrected chi connectivity index (χ0v) is 10.1. The maximum absolute atomic E-state index is 10.6. The Balaban J connectivity index is 2.46. The van der Waals surface area contributed by atoms with Crippen LogP contribution in [0.15, 0.2) is 17.6 Å². The number of hydrogen-bond acceptors (Lipinski definition) is 4. The molecule has 0 unspecified atom stereocenters. The van der Waals surface area contributed by atoms with Crippen LogP contribution in [0.2, 0.25) is 0 Å². The SMILES string of the molecule is CCn1ccnc1SCCS(=O)(=O)Cl. The Bertz CT molecular complexity index is 388. The van der Waals surface area contributed by atoms with Gasteiger partial charge in [-0.15, -0.1) is 0 Å². The Morgan fingerprint density at radius 3 is 2.93 bits per heavy atom. The first-order chi connectivity index (χ1) is 6.53. The third-order valence-corrected chi connectivity index (χ3v) is 4.00. The van der Waals surface area contributed by atoms with Crippen molar-refractivity contribution in [3.63, 3.8) is 0 Å². The molecule has 1 rings (SSSR count). The van der Waals surface area contributed by atoms with Crippen molar-refractivity contribution in [1.82, 2.24) is 9.55 Å². The highest BCUT2D eigenvalue weighted by atomic mass is 35.7. The fourth-order valence-corrected chi connectivity index (χ4v) is 3.28. The van der Waals surface area contributed by atoms with E-state index in [1.165, 1.54) is 11.8 Å². The Hall–Kier alpha value is -0.200. The molecule has 7 heteroatoms. The first-order valence-corrected chi connectivity index (χ1v) is 7.55. The minimum atomic E-state index is -3.38. The lowest BCUT2D eigenvalue weighted by Crippen LogP contribution is -2.02. The summed E-state index contributed by atoms with van der Waals surface area (Å²) in [4.78, 5) is 4.09. The molecular formula is C7H11ClN2O2S2. The van der Waals surface area contributed by atoms with Gasteiger partial charge in [0.15, 0.2) is 5.16 Å². The van der Waals surface area contributed by atoms with Crippen molar-refractivity contribution >= 4 is 31.5 Å². The minimum Gasteiger partial charge on any atom is -0.326 e. The van der Waals surface area contributed by atoms with Crippen LogP contribution in [0.3, 0.4) is 0 Å². The molecule has 0 fully saturated rings. The van der Waals surface area contributed by atoms with Gasteiger partial charge in [0, 0.05) is 35.4 Å². The van der Waals surface area contributed by atoms with Crippen molar-refractivity contribution in [2.24, 2.45) is 0 Å². The number of aromatic nitrogens is 2. The van der Waals surface area contributed by atoms with Gasteiger partial charge >= 0.3 is 0 Å².